The summed E-state index contributed by atoms with van der Waals surface area (Å²) < 4.78 is 5.38. The number of nitrogens with zero attached hydrogens (tertiary/aromatic N) is 1. The molecule has 0 aliphatic heterocycles. The summed E-state index contributed by atoms with van der Waals surface area (Å²) in [6, 6.07) is 7.45. The van der Waals surface area contributed by atoms with Gasteiger partial charge in [0.25, 0.3) is 0 Å². The number of anilines is 1. The first kappa shape index (κ1) is 14.8. The van der Waals surface area contributed by atoms with E-state index in [1.54, 1.807) is 12.1 Å². The maximum absolute atomic E-state index is 9.32. The Morgan fingerprint density at radius 3 is 2.33 bits per heavy atom. The number of phenols is 1. The minimum absolute atomic E-state index is 0.323. The fourth-order valence-electron chi connectivity index (χ4n) is 1.88. The van der Waals surface area contributed by atoms with Crippen molar-refractivity contribution in [2.75, 3.05) is 31.2 Å². The summed E-state index contributed by atoms with van der Waals surface area (Å²) in [4.78, 5) is 2.36. The number of ether oxygens (including phenoxy) is 1. The maximum atomic E-state index is 9.32. The molecule has 1 aromatic carbocycles. The van der Waals surface area contributed by atoms with Crippen LogP contribution in [0.2, 0.25) is 0 Å². The Balaban J connectivity index is 2.51. The van der Waals surface area contributed by atoms with E-state index >= 15 is 0 Å². The van der Waals surface area contributed by atoms with Gasteiger partial charge in [0.1, 0.15) is 5.75 Å². The molecular weight excluding hydrogens is 226 g/mol. The third-order valence-electron chi connectivity index (χ3n) is 2.92. The fraction of sp³-hybridized carbons (Fsp3) is 0.600. The molecule has 0 heterocycles. The molecule has 0 aliphatic carbocycles. The number of hydrogen-bond donors (Lipinski definition) is 1. The van der Waals surface area contributed by atoms with E-state index in [4.69, 9.17) is 4.74 Å². The lowest BCUT2D eigenvalue weighted by molar-refractivity contribution is 0.146. The number of unbranched alkanes of at least 4 members (excludes halogenated alkanes) is 1. The van der Waals surface area contributed by atoms with Gasteiger partial charge in [-0.3, -0.25) is 0 Å². The lowest BCUT2D eigenvalue weighted by atomic mass is 10.2. The number of phenolic OH excluding ortho intramolecular Hbond substituents is 1. The minimum atomic E-state index is 0.323. The van der Waals surface area contributed by atoms with Crippen LogP contribution in [-0.2, 0) is 4.74 Å². The third kappa shape index (κ3) is 5.41. The molecule has 1 rings (SSSR count). The van der Waals surface area contributed by atoms with Gasteiger partial charge in [0.2, 0.25) is 0 Å². The van der Waals surface area contributed by atoms with Gasteiger partial charge in [0, 0.05) is 32.0 Å². The summed E-state index contributed by atoms with van der Waals surface area (Å²) in [6.07, 6.45) is 3.42. The van der Waals surface area contributed by atoms with Crippen LogP contribution < -0.4 is 4.90 Å². The van der Waals surface area contributed by atoms with E-state index in [0.29, 0.717) is 5.75 Å². The highest BCUT2D eigenvalue weighted by molar-refractivity contribution is 5.48. The summed E-state index contributed by atoms with van der Waals surface area (Å²) in [5, 5.41) is 9.32. The molecule has 0 unspecified atom stereocenters. The summed E-state index contributed by atoms with van der Waals surface area (Å²) >= 11 is 0. The summed E-state index contributed by atoms with van der Waals surface area (Å²) in [5.41, 5.74) is 1.18. The fourth-order valence-corrected chi connectivity index (χ4v) is 1.88. The molecule has 18 heavy (non-hydrogen) atoms. The number of hydrogen-bond acceptors (Lipinski definition) is 3. The Hall–Kier alpha value is -1.22. The third-order valence-corrected chi connectivity index (χ3v) is 2.92. The predicted molar refractivity (Wildman–Crippen MR) is 76.3 cm³/mol. The Kier molecular flexibility index (Phi) is 7.26. The molecule has 0 radical (unpaired) electrons. The summed E-state index contributed by atoms with van der Waals surface area (Å²) in [6.45, 7) is 7.90. The zero-order valence-corrected chi connectivity index (χ0v) is 11.6. The quantitative estimate of drug-likeness (QED) is 0.683. The van der Waals surface area contributed by atoms with Gasteiger partial charge in [-0.05, 0) is 44.0 Å². The molecule has 1 N–H and O–H groups in total. The van der Waals surface area contributed by atoms with Crippen LogP contribution in [-0.4, -0.2) is 31.4 Å². The van der Waals surface area contributed by atoms with Crippen molar-refractivity contribution in [2.45, 2.75) is 33.1 Å². The molecule has 1 aromatic rings. The van der Waals surface area contributed by atoms with Crippen LogP contribution in [0.25, 0.3) is 0 Å². The van der Waals surface area contributed by atoms with E-state index in [0.717, 1.165) is 32.7 Å². The van der Waals surface area contributed by atoms with Gasteiger partial charge in [0.15, 0.2) is 0 Å². The van der Waals surface area contributed by atoms with Gasteiger partial charge in [-0.25, -0.2) is 0 Å². The van der Waals surface area contributed by atoms with Gasteiger partial charge in [-0.15, -0.1) is 0 Å². The Morgan fingerprint density at radius 2 is 1.72 bits per heavy atom. The SMILES string of the molecule is CCCCN(CCCOCC)c1ccc(O)cc1. The topological polar surface area (TPSA) is 32.7 Å². The van der Waals surface area contributed by atoms with Crippen molar-refractivity contribution in [3.05, 3.63) is 24.3 Å². The molecule has 3 nitrogen and oxygen atoms in total. The van der Waals surface area contributed by atoms with Crippen molar-refractivity contribution < 1.29 is 9.84 Å². The molecule has 0 amide bonds. The monoisotopic (exact) mass is 251 g/mol. The van der Waals surface area contributed by atoms with Crippen molar-refractivity contribution in [3.8, 4) is 5.75 Å². The van der Waals surface area contributed by atoms with E-state index in [1.165, 1.54) is 18.5 Å². The molecule has 0 atom stereocenters. The Bertz CT molecular complexity index is 311. The summed E-state index contributed by atoms with van der Waals surface area (Å²) in [5.74, 6) is 0.323. The van der Waals surface area contributed by atoms with Crippen LogP contribution in [0.4, 0.5) is 5.69 Å². The lowest BCUT2D eigenvalue weighted by Crippen LogP contribution is -2.26. The second-order valence-electron chi connectivity index (χ2n) is 4.41. The first-order valence-electron chi connectivity index (χ1n) is 6.89. The molecule has 0 spiro atoms. The Labute approximate surface area is 110 Å². The van der Waals surface area contributed by atoms with Crippen LogP contribution in [0.3, 0.4) is 0 Å². The molecule has 3 heteroatoms. The standard InChI is InChI=1S/C15H25NO2/c1-3-5-11-16(12-6-13-18-4-2)14-7-9-15(17)10-8-14/h7-10,17H,3-6,11-13H2,1-2H3. The van der Waals surface area contributed by atoms with Crippen molar-refractivity contribution in [1.29, 1.82) is 0 Å². The second kappa shape index (κ2) is 8.81. The van der Waals surface area contributed by atoms with E-state index in [2.05, 4.69) is 11.8 Å². The molecule has 0 bridgehead atoms. The van der Waals surface area contributed by atoms with Gasteiger partial charge in [0.05, 0.1) is 0 Å². The van der Waals surface area contributed by atoms with Gasteiger partial charge >= 0.3 is 0 Å². The van der Waals surface area contributed by atoms with E-state index < -0.39 is 0 Å². The van der Waals surface area contributed by atoms with E-state index in [9.17, 15) is 5.11 Å². The van der Waals surface area contributed by atoms with Crippen LogP contribution >= 0.6 is 0 Å². The molecule has 0 fully saturated rings. The zero-order valence-electron chi connectivity index (χ0n) is 11.6. The second-order valence-corrected chi connectivity index (χ2v) is 4.41. The van der Waals surface area contributed by atoms with Crippen molar-refractivity contribution >= 4 is 5.69 Å². The maximum Gasteiger partial charge on any atom is 0.115 e. The number of rotatable bonds is 9. The van der Waals surface area contributed by atoms with Crippen LogP contribution in [0, 0.1) is 0 Å². The van der Waals surface area contributed by atoms with Crippen molar-refractivity contribution in [2.24, 2.45) is 0 Å². The molecular formula is C15H25NO2. The van der Waals surface area contributed by atoms with Crippen molar-refractivity contribution in [3.63, 3.8) is 0 Å². The van der Waals surface area contributed by atoms with E-state index in [-0.39, 0.29) is 0 Å². The normalized spacial score (nSPS) is 10.6. The number of aromatic hydroxyl groups is 1. The molecule has 0 saturated carbocycles. The average Bonchev–Trinajstić information content (AvgIpc) is 2.39. The van der Waals surface area contributed by atoms with Crippen LogP contribution in [0.15, 0.2) is 24.3 Å². The molecule has 0 aliphatic rings. The highest BCUT2D eigenvalue weighted by Crippen LogP contribution is 2.19. The first-order valence-corrected chi connectivity index (χ1v) is 6.89. The smallest absolute Gasteiger partial charge is 0.115 e. The van der Waals surface area contributed by atoms with Gasteiger partial charge in [-0.1, -0.05) is 13.3 Å². The average molecular weight is 251 g/mol. The molecule has 0 saturated heterocycles. The van der Waals surface area contributed by atoms with Gasteiger partial charge < -0.3 is 14.7 Å². The minimum Gasteiger partial charge on any atom is -0.508 e. The highest BCUT2D eigenvalue weighted by Gasteiger charge is 2.05. The predicted octanol–water partition coefficient (Wildman–Crippen LogP) is 3.43. The number of benzene rings is 1. The van der Waals surface area contributed by atoms with Gasteiger partial charge in [-0.2, -0.15) is 0 Å². The largest absolute Gasteiger partial charge is 0.508 e. The molecule has 102 valence electrons. The first-order chi connectivity index (χ1) is 8.77. The highest BCUT2D eigenvalue weighted by atomic mass is 16.5. The van der Waals surface area contributed by atoms with Crippen molar-refractivity contribution in [1.82, 2.24) is 0 Å². The summed E-state index contributed by atoms with van der Waals surface area (Å²) in [7, 11) is 0. The Morgan fingerprint density at radius 1 is 1.06 bits per heavy atom. The van der Waals surface area contributed by atoms with Crippen LogP contribution in [0.5, 0.6) is 5.75 Å². The lowest BCUT2D eigenvalue weighted by Gasteiger charge is -2.24. The van der Waals surface area contributed by atoms with Crippen LogP contribution in [0.1, 0.15) is 33.1 Å². The van der Waals surface area contributed by atoms with E-state index in [1.807, 2.05) is 19.1 Å². The molecule has 0 aromatic heterocycles. The zero-order chi connectivity index (χ0) is 13.2.